The number of benzene rings is 2. The molecule has 0 saturated heterocycles. The minimum atomic E-state index is -3.72. The lowest BCUT2D eigenvalue weighted by Crippen LogP contribution is -2.31. The maximum Gasteiger partial charge on any atom is 0.254 e. The second kappa shape index (κ2) is 10.7. The predicted octanol–water partition coefficient (Wildman–Crippen LogP) is 4.18. The summed E-state index contributed by atoms with van der Waals surface area (Å²) in [6, 6.07) is 16.1. The number of amides is 1. The molecule has 33 heavy (non-hydrogen) atoms. The molecular formula is C25H31N3O4S. The van der Waals surface area contributed by atoms with E-state index in [1.807, 2.05) is 39.0 Å². The zero-order valence-electron chi connectivity index (χ0n) is 19.6. The number of ether oxygens (including phenoxy) is 1. The molecule has 7 nitrogen and oxygen atoms in total. The summed E-state index contributed by atoms with van der Waals surface area (Å²) >= 11 is 0. The summed E-state index contributed by atoms with van der Waals surface area (Å²) in [6.07, 6.45) is 1.57. The number of carbonyl (C=O) groups is 1. The van der Waals surface area contributed by atoms with Crippen LogP contribution in [-0.2, 0) is 28.7 Å². The van der Waals surface area contributed by atoms with Gasteiger partial charge in [-0.2, -0.15) is 0 Å². The second-order valence-electron chi connectivity index (χ2n) is 8.33. The summed E-state index contributed by atoms with van der Waals surface area (Å²) in [7, 11) is -2.17. The fourth-order valence-corrected chi connectivity index (χ4v) is 5.15. The highest BCUT2D eigenvalue weighted by atomic mass is 32.2. The molecule has 1 heterocycles. The van der Waals surface area contributed by atoms with Crippen molar-refractivity contribution in [3.63, 3.8) is 0 Å². The number of imidazole rings is 1. The molecule has 0 aliphatic rings. The van der Waals surface area contributed by atoms with Gasteiger partial charge >= 0.3 is 0 Å². The van der Waals surface area contributed by atoms with E-state index < -0.39 is 9.84 Å². The number of nitrogens with zero attached hydrogens (tertiary/aromatic N) is 3. The van der Waals surface area contributed by atoms with Crippen LogP contribution in [-0.4, -0.2) is 42.4 Å². The Kier molecular flexibility index (Phi) is 7.92. The van der Waals surface area contributed by atoms with Crippen LogP contribution in [0, 0.1) is 5.92 Å². The van der Waals surface area contributed by atoms with Crippen LogP contribution in [0.4, 0.5) is 0 Å². The van der Waals surface area contributed by atoms with Gasteiger partial charge in [0.05, 0.1) is 31.3 Å². The summed E-state index contributed by atoms with van der Waals surface area (Å²) in [5, 5.41) is 0.0252. The maximum atomic E-state index is 13.3. The monoisotopic (exact) mass is 469 g/mol. The molecule has 2 aromatic carbocycles. The van der Waals surface area contributed by atoms with Gasteiger partial charge in [-0.05, 0) is 42.7 Å². The van der Waals surface area contributed by atoms with Crippen molar-refractivity contribution in [2.24, 2.45) is 5.92 Å². The Bertz CT molecular complexity index is 1190. The average molecular weight is 470 g/mol. The molecular weight excluding hydrogens is 438 g/mol. The number of sulfone groups is 1. The lowest BCUT2D eigenvalue weighted by atomic mass is 10.2. The largest absolute Gasteiger partial charge is 0.497 e. The zero-order chi connectivity index (χ0) is 24.0. The summed E-state index contributed by atoms with van der Waals surface area (Å²) in [6.45, 7) is 7.21. The van der Waals surface area contributed by atoms with Crippen LogP contribution in [0.1, 0.15) is 42.4 Å². The number of hydrogen-bond donors (Lipinski definition) is 0. The zero-order valence-corrected chi connectivity index (χ0v) is 20.4. The van der Waals surface area contributed by atoms with Crippen molar-refractivity contribution in [3.8, 4) is 5.75 Å². The first-order valence-corrected chi connectivity index (χ1v) is 12.6. The van der Waals surface area contributed by atoms with Crippen LogP contribution in [0.3, 0.4) is 0 Å². The first kappa shape index (κ1) is 24.5. The van der Waals surface area contributed by atoms with E-state index in [1.165, 1.54) is 0 Å². The molecule has 0 aliphatic carbocycles. The van der Waals surface area contributed by atoms with Crippen molar-refractivity contribution in [1.82, 2.24) is 14.5 Å². The topological polar surface area (TPSA) is 81.5 Å². The quantitative estimate of drug-likeness (QED) is 0.445. The number of methoxy groups -OCH3 is 1. The van der Waals surface area contributed by atoms with E-state index in [2.05, 4.69) is 4.98 Å². The fourth-order valence-electron chi connectivity index (χ4n) is 3.66. The van der Waals surface area contributed by atoms with Gasteiger partial charge in [0.15, 0.2) is 0 Å². The van der Waals surface area contributed by atoms with Gasteiger partial charge in [-0.15, -0.1) is 0 Å². The Balaban J connectivity index is 1.92. The molecule has 0 saturated carbocycles. The molecule has 0 bridgehead atoms. The van der Waals surface area contributed by atoms with E-state index in [0.717, 1.165) is 0 Å². The summed E-state index contributed by atoms with van der Waals surface area (Å²) in [4.78, 5) is 19.0. The average Bonchev–Trinajstić information content (AvgIpc) is 3.19. The predicted molar refractivity (Wildman–Crippen MR) is 128 cm³/mol. The lowest BCUT2D eigenvalue weighted by molar-refractivity contribution is 0.0748. The van der Waals surface area contributed by atoms with E-state index in [0.29, 0.717) is 35.7 Å². The van der Waals surface area contributed by atoms with Crippen molar-refractivity contribution >= 4 is 15.7 Å². The Morgan fingerprint density at radius 3 is 2.48 bits per heavy atom. The molecule has 0 aliphatic heterocycles. The van der Waals surface area contributed by atoms with Gasteiger partial charge < -0.3 is 14.2 Å². The van der Waals surface area contributed by atoms with Crippen molar-refractivity contribution in [2.75, 3.05) is 13.7 Å². The Hall–Kier alpha value is -3.13. The van der Waals surface area contributed by atoms with Gasteiger partial charge in [0, 0.05) is 18.7 Å². The van der Waals surface area contributed by atoms with Crippen LogP contribution in [0.5, 0.6) is 5.75 Å². The Labute approximate surface area is 195 Å². The Morgan fingerprint density at radius 2 is 1.85 bits per heavy atom. The van der Waals surface area contributed by atoms with E-state index >= 15 is 0 Å². The third-order valence-corrected chi connectivity index (χ3v) is 6.86. The highest BCUT2D eigenvalue weighted by Crippen LogP contribution is 2.22. The van der Waals surface area contributed by atoms with Crippen LogP contribution >= 0.6 is 0 Å². The first-order valence-electron chi connectivity index (χ1n) is 11.0. The van der Waals surface area contributed by atoms with Crippen LogP contribution < -0.4 is 4.74 Å². The molecule has 3 aromatic rings. The molecule has 3 rings (SSSR count). The van der Waals surface area contributed by atoms with E-state index in [1.54, 1.807) is 59.2 Å². The summed E-state index contributed by atoms with van der Waals surface area (Å²) in [5.41, 5.74) is 1.92. The minimum absolute atomic E-state index is 0.0252. The molecule has 0 spiro atoms. The molecule has 0 unspecified atom stereocenters. The van der Waals surface area contributed by atoms with Gasteiger partial charge in [-0.1, -0.05) is 44.2 Å². The van der Waals surface area contributed by atoms with E-state index in [4.69, 9.17) is 4.74 Å². The van der Waals surface area contributed by atoms with Crippen molar-refractivity contribution < 1.29 is 17.9 Å². The smallest absolute Gasteiger partial charge is 0.254 e. The number of hydrogen-bond acceptors (Lipinski definition) is 5. The standard InChI is InChI=1S/C25H31N3O4S/c1-5-27(24(29)21-11-7-6-8-12-21)17-22-15-26-25(28(22)16-19(2)3)33(30,31)18-20-10-9-13-23(14-20)32-4/h6-15,19H,5,16-18H2,1-4H3. The van der Waals surface area contributed by atoms with Crippen molar-refractivity contribution in [1.29, 1.82) is 0 Å². The van der Waals surface area contributed by atoms with Gasteiger partial charge in [0.1, 0.15) is 5.75 Å². The van der Waals surface area contributed by atoms with Gasteiger partial charge in [-0.25, -0.2) is 13.4 Å². The highest BCUT2D eigenvalue weighted by molar-refractivity contribution is 7.90. The lowest BCUT2D eigenvalue weighted by Gasteiger charge is -2.23. The van der Waals surface area contributed by atoms with Gasteiger partial charge in [-0.3, -0.25) is 4.79 Å². The molecule has 0 radical (unpaired) electrons. The molecule has 8 heteroatoms. The van der Waals surface area contributed by atoms with Crippen LogP contribution in [0.15, 0.2) is 66.0 Å². The first-order chi connectivity index (χ1) is 15.7. The fraction of sp³-hybridized carbons (Fsp3) is 0.360. The molecule has 1 amide bonds. The molecule has 1 aromatic heterocycles. The SMILES string of the molecule is CCN(Cc1cnc(S(=O)(=O)Cc2cccc(OC)c2)n1CC(C)C)C(=O)c1ccccc1. The third kappa shape index (κ3) is 6.01. The van der Waals surface area contributed by atoms with Crippen molar-refractivity contribution in [3.05, 3.63) is 77.6 Å². The number of rotatable bonds is 10. The minimum Gasteiger partial charge on any atom is -0.497 e. The third-order valence-electron chi connectivity index (χ3n) is 5.26. The second-order valence-corrected chi connectivity index (χ2v) is 10.2. The normalized spacial score (nSPS) is 11.5. The van der Waals surface area contributed by atoms with E-state index in [-0.39, 0.29) is 29.3 Å². The molecule has 0 fully saturated rings. The van der Waals surface area contributed by atoms with Crippen LogP contribution in [0.2, 0.25) is 0 Å². The number of aromatic nitrogens is 2. The molecule has 0 N–H and O–H groups in total. The maximum absolute atomic E-state index is 13.3. The summed E-state index contributed by atoms with van der Waals surface area (Å²) < 4.78 is 33.6. The molecule has 0 atom stereocenters. The highest BCUT2D eigenvalue weighted by Gasteiger charge is 2.26. The molecule has 176 valence electrons. The summed E-state index contributed by atoms with van der Waals surface area (Å²) in [5.74, 6) is 0.519. The van der Waals surface area contributed by atoms with Crippen LogP contribution in [0.25, 0.3) is 0 Å². The number of carbonyl (C=O) groups excluding carboxylic acids is 1. The Morgan fingerprint density at radius 1 is 1.12 bits per heavy atom. The van der Waals surface area contributed by atoms with E-state index in [9.17, 15) is 13.2 Å². The van der Waals surface area contributed by atoms with Crippen molar-refractivity contribution in [2.45, 2.75) is 44.8 Å². The van der Waals surface area contributed by atoms with Gasteiger partial charge in [0.2, 0.25) is 15.0 Å². The van der Waals surface area contributed by atoms with Gasteiger partial charge in [0.25, 0.3) is 5.91 Å².